The fourth-order valence-electron chi connectivity index (χ4n) is 1.77. The van der Waals surface area contributed by atoms with Gasteiger partial charge >= 0.3 is 0 Å². The zero-order valence-corrected chi connectivity index (χ0v) is 9.81. The first kappa shape index (κ1) is 12.2. The van der Waals surface area contributed by atoms with E-state index in [-0.39, 0.29) is 0 Å². The van der Waals surface area contributed by atoms with Gasteiger partial charge in [-0.25, -0.2) is 4.39 Å². The molecular weight excluding hydrogens is 189 g/mol. The van der Waals surface area contributed by atoms with Crippen LogP contribution in [0.3, 0.4) is 0 Å². The van der Waals surface area contributed by atoms with Crippen LogP contribution >= 0.6 is 0 Å². The first-order valence-electron chi connectivity index (χ1n) is 5.53. The molecule has 0 aromatic heterocycles. The zero-order valence-electron chi connectivity index (χ0n) is 9.81. The zero-order chi connectivity index (χ0) is 11.3. The summed E-state index contributed by atoms with van der Waals surface area (Å²) in [6.07, 6.45) is 2.11. The van der Waals surface area contributed by atoms with E-state index in [2.05, 4.69) is 18.3 Å². The highest BCUT2D eigenvalue weighted by Crippen LogP contribution is 2.25. The molecule has 15 heavy (non-hydrogen) atoms. The summed E-state index contributed by atoms with van der Waals surface area (Å²) in [5.41, 5.74) is 0.705. The Labute approximate surface area is 91.7 Å². The monoisotopic (exact) mass is 209 g/mol. The van der Waals surface area contributed by atoms with Crippen LogP contribution in [-0.2, 0) is 12.1 Å². The predicted octanol–water partition coefficient (Wildman–Crippen LogP) is 3.04. The predicted molar refractivity (Wildman–Crippen MR) is 62.8 cm³/mol. The molecule has 0 amide bonds. The van der Waals surface area contributed by atoms with E-state index in [1.165, 1.54) is 5.56 Å². The molecule has 1 N–H and O–H groups in total. The Morgan fingerprint density at radius 1 is 1.40 bits per heavy atom. The molecule has 0 aliphatic heterocycles. The van der Waals surface area contributed by atoms with E-state index < -0.39 is 5.67 Å². The van der Waals surface area contributed by atoms with Crippen molar-refractivity contribution in [3.63, 3.8) is 0 Å². The van der Waals surface area contributed by atoms with Gasteiger partial charge in [-0.2, -0.15) is 0 Å². The Hall–Kier alpha value is -0.890. The van der Waals surface area contributed by atoms with Crippen LogP contribution in [0.1, 0.15) is 31.4 Å². The normalized spacial score (nSPS) is 14.9. The van der Waals surface area contributed by atoms with Crippen molar-refractivity contribution >= 4 is 0 Å². The average molecular weight is 209 g/mol. The lowest BCUT2D eigenvalue weighted by Crippen LogP contribution is -2.29. The second-order valence-electron chi connectivity index (χ2n) is 4.18. The third-order valence-corrected chi connectivity index (χ3v) is 2.58. The summed E-state index contributed by atoms with van der Waals surface area (Å²) < 4.78 is 14.2. The molecule has 1 atom stereocenters. The van der Waals surface area contributed by atoms with E-state index in [9.17, 15) is 4.39 Å². The van der Waals surface area contributed by atoms with E-state index >= 15 is 0 Å². The van der Waals surface area contributed by atoms with Gasteiger partial charge in [-0.05, 0) is 31.5 Å². The molecule has 1 aromatic rings. The smallest absolute Gasteiger partial charge is 0.145 e. The molecule has 1 nitrogen and oxygen atoms in total. The maximum absolute atomic E-state index is 14.2. The minimum Gasteiger partial charge on any atom is -0.316 e. The Morgan fingerprint density at radius 2 is 2.13 bits per heavy atom. The lowest BCUT2D eigenvalue weighted by atomic mass is 9.95. The minimum absolute atomic E-state index is 0.350. The van der Waals surface area contributed by atoms with Gasteiger partial charge in [0.2, 0.25) is 0 Å². The van der Waals surface area contributed by atoms with E-state index in [0.29, 0.717) is 6.54 Å². The van der Waals surface area contributed by atoms with Gasteiger partial charge in [0.1, 0.15) is 5.67 Å². The number of halogens is 1. The summed E-state index contributed by atoms with van der Waals surface area (Å²) in [4.78, 5) is 0. The number of likely N-dealkylation sites (N-methyl/N-ethyl adjacent to an activating group) is 1. The number of aryl methyl sites for hydroxylation is 1. The third kappa shape index (κ3) is 3.31. The summed E-state index contributed by atoms with van der Waals surface area (Å²) in [6, 6.07) is 7.83. The maximum atomic E-state index is 14.2. The quantitative estimate of drug-likeness (QED) is 0.786. The van der Waals surface area contributed by atoms with Gasteiger partial charge in [-0.1, -0.05) is 37.6 Å². The third-order valence-electron chi connectivity index (χ3n) is 2.58. The second-order valence-corrected chi connectivity index (χ2v) is 4.18. The average Bonchev–Trinajstić information content (AvgIpc) is 2.19. The fourth-order valence-corrected chi connectivity index (χ4v) is 1.77. The SMILES string of the molecule is CCCc1cccc(C(C)(F)CNC)c1. The van der Waals surface area contributed by atoms with Gasteiger partial charge in [-0.15, -0.1) is 0 Å². The molecule has 2 heteroatoms. The summed E-state index contributed by atoms with van der Waals surface area (Å²) in [6.45, 7) is 4.10. The van der Waals surface area contributed by atoms with Crippen molar-refractivity contribution < 1.29 is 4.39 Å². The van der Waals surface area contributed by atoms with Crippen LogP contribution in [0.4, 0.5) is 4.39 Å². The standard InChI is InChI=1S/C13H20FN/c1-4-6-11-7-5-8-12(9-11)13(2,14)10-15-3/h5,7-9,15H,4,6,10H2,1-3H3. The Bertz CT molecular complexity index is 307. The van der Waals surface area contributed by atoms with Gasteiger partial charge in [0.15, 0.2) is 0 Å². The maximum Gasteiger partial charge on any atom is 0.145 e. The molecule has 1 rings (SSSR count). The van der Waals surface area contributed by atoms with Gasteiger partial charge in [-0.3, -0.25) is 0 Å². The van der Waals surface area contributed by atoms with E-state index in [1.54, 1.807) is 14.0 Å². The molecule has 84 valence electrons. The van der Waals surface area contributed by atoms with Gasteiger partial charge in [0.25, 0.3) is 0 Å². The molecular formula is C13H20FN. The molecule has 0 bridgehead atoms. The first-order valence-corrected chi connectivity index (χ1v) is 5.53. The van der Waals surface area contributed by atoms with Crippen molar-refractivity contribution in [2.24, 2.45) is 0 Å². The van der Waals surface area contributed by atoms with Crippen LogP contribution in [0.15, 0.2) is 24.3 Å². The number of benzene rings is 1. The number of alkyl halides is 1. The van der Waals surface area contributed by atoms with Gasteiger partial charge < -0.3 is 5.32 Å². The lowest BCUT2D eigenvalue weighted by molar-refractivity contribution is 0.190. The molecule has 1 aromatic carbocycles. The molecule has 0 saturated heterocycles. The van der Waals surface area contributed by atoms with Crippen molar-refractivity contribution in [3.8, 4) is 0 Å². The lowest BCUT2D eigenvalue weighted by Gasteiger charge is -2.21. The Kier molecular flexibility index (Phi) is 4.28. The van der Waals surface area contributed by atoms with Crippen molar-refractivity contribution in [3.05, 3.63) is 35.4 Å². The highest BCUT2D eigenvalue weighted by molar-refractivity contribution is 5.28. The molecule has 0 radical (unpaired) electrons. The number of hydrogen-bond acceptors (Lipinski definition) is 1. The summed E-state index contributed by atoms with van der Waals surface area (Å²) >= 11 is 0. The van der Waals surface area contributed by atoms with Gasteiger partial charge in [0, 0.05) is 6.54 Å². The van der Waals surface area contributed by atoms with Gasteiger partial charge in [0.05, 0.1) is 0 Å². The second kappa shape index (κ2) is 5.26. The highest BCUT2D eigenvalue weighted by atomic mass is 19.1. The molecule has 0 spiro atoms. The Balaban J connectivity index is 2.88. The van der Waals surface area contributed by atoms with Crippen LogP contribution < -0.4 is 5.32 Å². The topological polar surface area (TPSA) is 12.0 Å². The Morgan fingerprint density at radius 3 is 2.73 bits per heavy atom. The van der Waals surface area contributed by atoms with Crippen LogP contribution in [0, 0.1) is 0 Å². The molecule has 0 saturated carbocycles. The highest BCUT2D eigenvalue weighted by Gasteiger charge is 2.24. The van der Waals surface area contributed by atoms with E-state index in [1.807, 2.05) is 18.2 Å². The van der Waals surface area contributed by atoms with Crippen molar-refractivity contribution in [2.75, 3.05) is 13.6 Å². The summed E-state index contributed by atoms with van der Waals surface area (Å²) in [5.74, 6) is 0. The first-order chi connectivity index (χ1) is 7.10. The number of rotatable bonds is 5. The molecule has 0 heterocycles. The van der Waals surface area contributed by atoms with Crippen molar-refractivity contribution in [1.82, 2.24) is 5.32 Å². The van der Waals surface area contributed by atoms with E-state index in [0.717, 1.165) is 18.4 Å². The van der Waals surface area contributed by atoms with Crippen LogP contribution in [-0.4, -0.2) is 13.6 Å². The number of hydrogen-bond donors (Lipinski definition) is 1. The van der Waals surface area contributed by atoms with Crippen LogP contribution in [0.2, 0.25) is 0 Å². The molecule has 0 aliphatic rings. The van der Waals surface area contributed by atoms with Crippen molar-refractivity contribution in [2.45, 2.75) is 32.4 Å². The molecule has 0 fully saturated rings. The largest absolute Gasteiger partial charge is 0.316 e. The van der Waals surface area contributed by atoms with Crippen LogP contribution in [0.25, 0.3) is 0 Å². The van der Waals surface area contributed by atoms with Crippen molar-refractivity contribution in [1.29, 1.82) is 0 Å². The van der Waals surface area contributed by atoms with Crippen LogP contribution in [0.5, 0.6) is 0 Å². The number of nitrogens with one attached hydrogen (secondary N) is 1. The molecule has 1 unspecified atom stereocenters. The summed E-state index contributed by atoms with van der Waals surface area (Å²) in [5, 5.41) is 2.88. The summed E-state index contributed by atoms with van der Waals surface area (Å²) in [7, 11) is 1.77. The molecule has 0 aliphatic carbocycles. The van der Waals surface area contributed by atoms with E-state index in [4.69, 9.17) is 0 Å². The fraction of sp³-hybridized carbons (Fsp3) is 0.538. The minimum atomic E-state index is -1.28.